The Morgan fingerprint density at radius 3 is 2.46 bits per heavy atom. The van der Waals surface area contributed by atoms with E-state index >= 15 is 0 Å². The molecule has 0 saturated heterocycles. The Kier molecular flexibility index (Phi) is 4.30. The maximum atomic E-state index is 13.0. The van der Waals surface area contributed by atoms with Crippen LogP contribution in [0, 0.1) is 0 Å². The molecule has 1 N–H and O–H groups in total. The van der Waals surface area contributed by atoms with Gasteiger partial charge in [0.05, 0.1) is 0 Å². The summed E-state index contributed by atoms with van der Waals surface area (Å²) in [7, 11) is 0. The number of carbonyl (C=O) groups is 1. The molecule has 4 rings (SSSR count). The van der Waals surface area contributed by atoms with Gasteiger partial charge < -0.3 is 10.0 Å². The normalized spacial score (nSPS) is 14.0. The molecule has 0 bridgehead atoms. The van der Waals surface area contributed by atoms with Gasteiger partial charge in [0.2, 0.25) is 5.75 Å². The van der Waals surface area contributed by atoms with Gasteiger partial charge in [0.25, 0.3) is 11.5 Å². The predicted octanol–water partition coefficient (Wildman–Crippen LogP) is 2.11. The lowest BCUT2D eigenvalue weighted by molar-refractivity contribution is 0.0677. The van der Waals surface area contributed by atoms with Crippen molar-refractivity contribution in [3.05, 3.63) is 74.6 Å². The van der Waals surface area contributed by atoms with Crippen LogP contribution in [0.15, 0.2) is 52.1 Å². The van der Waals surface area contributed by atoms with Gasteiger partial charge in [0.1, 0.15) is 0 Å². The zero-order valence-electron chi connectivity index (χ0n) is 15.8. The highest BCUT2D eigenvalue weighted by atomic mass is 16.3. The van der Waals surface area contributed by atoms with Gasteiger partial charge in [-0.3, -0.25) is 18.7 Å². The molecule has 7 nitrogen and oxygen atoms in total. The number of benzene rings is 2. The van der Waals surface area contributed by atoms with E-state index in [2.05, 4.69) is 0 Å². The predicted molar refractivity (Wildman–Crippen MR) is 106 cm³/mol. The second-order valence-electron chi connectivity index (χ2n) is 7.27. The average Bonchev–Trinajstić information content (AvgIpc) is 2.68. The molecule has 0 spiro atoms. The molecule has 1 amide bonds. The topological polar surface area (TPSA) is 84.5 Å². The van der Waals surface area contributed by atoms with Crippen LogP contribution in [0.4, 0.5) is 0 Å². The molecule has 0 atom stereocenters. The highest BCUT2D eigenvalue weighted by molar-refractivity contribution is 5.96. The van der Waals surface area contributed by atoms with Crippen LogP contribution in [-0.2, 0) is 13.1 Å². The van der Waals surface area contributed by atoms with E-state index in [0.29, 0.717) is 13.1 Å². The van der Waals surface area contributed by atoms with E-state index in [0.717, 1.165) is 20.9 Å². The fourth-order valence-electron chi connectivity index (χ4n) is 3.79. The van der Waals surface area contributed by atoms with Crippen LogP contribution in [0.2, 0.25) is 0 Å². The van der Waals surface area contributed by atoms with Gasteiger partial charge in [-0.15, -0.1) is 0 Å². The summed E-state index contributed by atoms with van der Waals surface area (Å²) in [6.07, 6.45) is 0. The Morgan fingerprint density at radius 2 is 1.71 bits per heavy atom. The lowest BCUT2D eigenvalue weighted by atomic mass is 10.0. The number of hydrogen-bond acceptors (Lipinski definition) is 4. The number of aromatic nitrogens is 2. The summed E-state index contributed by atoms with van der Waals surface area (Å²) in [4.78, 5) is 39.7. The molecule has 0 saturated carbocycles. The maximum absolute atomic E-state index is 13.0. The number of amides is 1. The minimum atomic E-state index is -0.827. The Labute approximate surface area is 161 Å². The third-order valence-electron chi connectivity index (χ3n) is 5.19. The van der Waals surface area contributed by atoms with Gasteiger partial charge in [-0.2, -0.15) is 0 Å². The molecule has 1 aliphatic rings. The third kappa shape index (κ3) is 2.70. The number of rotatable bonds is 3. The lowest BCUT2D eigenvalue weighted by Gasteiger charge is -2.30. The molecule has 7 heteroatoms. The molecule has 0 unspecified atom stereocenters. The first-order valence-electron chi connectivity index (χ1n) is 9.24. The van der Waals surface area contributed by atoms with Crippen molar-refractivity contribution in [3.8, 4) is 5.75 Å². The van der Waals surface area contributed by atoms with Crippen LogP contribution in [0.1, 0.15) is 35.9 Å². The number of aromatic hydroxyl groups is 1. The largest absolute Gasteiger partial charge is 0.501 e. The van der Waals surface area contributed by atoms with Crippen LogP contribution < -0.4 is 11.2 Å². The monoisotopic (exact) mass is 379 g/mol. The Balaban J connectivity index is 1.77. The molecule has 1 aromatic heterocycles. The molecule has 1 aliphatic heterocycles. The minimum Gasteiger partial charge on any atom is -0.501 e. The van der Waals surface area contributed by atoms with Crippen molar-refractivity contribution in [3.63, 3.8) is 0 Å². The van der Waals surface area contributed by atoms with E-state index in [9.17, 15) is 19.5 Å². The number of fused-ring (bicyclic) bond motifs is 2. The Bertz CT molecular complexity index is 1200. The zero-order chi connectivity index (χ0) is 20.0. The van der Waals surface area contributed by atoms with Crippen molar-refractivity contribution >= 4 is 16.7 Å². The van der Waals surface area contributed by atoms with Crippen molar-refractivity contribution in [2.75, 3.05) is 6.54 Å². The molecule has 2 heterocycles. The van der Waals surface area contributed by atoms with Crippen molar-refractivity contribution < 1.29 is 9.90 Å². The number of nitrogens with zero attached hydrogens (tertiary/aromatic N) is 3. The summed E-state index contributed by atoms with van der Waals surface area (Å²) in [5, 5.41) is 12.5. The average molecular weight is 379 g/mol. The molecule has 0 radical (unpaired) electrons. The SMILES string of the molecule is CC(C)n1c(=O)c(O)c2n(c1=O)CCN(Cc1cccc3ccccc13)C2=O. The van der Waals surface area contributed by atoms with E-state index in [-0.39, 0.29) is 12.2 Å². The van der Waals surface area contributed by atoms with Gasteiger partial charge in [-0.05, 0) is 30.2 Å². The van der Waals surface area contributed by atoms with E-state index in [4.69, 9.17) is 0 Å². The highest BCUT2D eigenvalue weighted by Crippen LogP contribution is 2.23. The quantitative estimate of drug-likeness (QED) is 0.755. The summed E-state index contributed by atoms with van der Waals surface area (Å²) in [6.45, 7) is 4.26. The summed E-state index contributed by atoms with van der Waals surface area (Å²) >= 11 is 0. The molecule has 2 aromatic carbocycles. The molecule has 0 aliphatic carbocycles. The van der Waals surface area contributed by atoms with E-state index in [1.54, 1.807) is 18.7 Å². The van der Waals surface area contributed by atoms with Gasteiger partial charge >= 0.3 is 5.69 Å². The molecule has 144 valence electrons. The van der Waals surface area contributed by atoms with Gasteiger partial charge in [0.15, 0.2) is 5.69 Å². The lowest BCUT2D eigenvalue weighted by Crippen LogP contribution is -2.50. The Hall–Kier alpha value is -3.35. The molecular formula is C21H21N3O4. The standard InChI is InChI=1S/C21H21N3O4/c1-13(2)24-20(27)18(25)17-19(26)22(10-11-23(17)21(24)28)12-15-8-5-7-14-6-3-4-9-16(14)15/h3-9,13,25H,10-12H2,1-2H3. The van der Waals surface area contributed by atoms with E-state index in [1.165, 1.54) is 4.57 Å². The van der Waals surface area contributed by atoms with E-state index < -0.39 is 28.9 Å². The first-order chi connectivity index (χ1) is 13.4. The Morgan fingerprint density at radius 1 is 1.00 bits per heavy atom. The summed E-state index contributed by atoms with van der Waals surface area (Å²) < 4.78 is 2.19. The molecule has 0 fully saturated rings. The van der Waals surface area contributed by atoms with Crippen LogP contribution in [0.3, 0.4) is 0 Å². The van der Waals surface area contributed by atoms with Gasteiger partial charge in [-0.1, -0.05) is 42.5 Å². The van der Waals surface area contributed by atoms with Gasteiger partial charge in [0, 0.05) is 25.7 Å². The van der Waals surface area contributed by atoms with Crippen LogP contribution in [0.5, 0.6) is 5.75 Å². The second kappa shape index (κ2) is 6.67. The minimum absolute atomic E-state index is 0.224. The summed E-state index contributed by atoms with van der Waals surface area (Å²) in [6, 6.07) is 13.4. The molecular weight excluding hydrogens is 358 g/mol. The fourth-order valence-corrected chi connectivity index (χ4v) is 3.79. The van der Waals surface area contributed by atoms with Crippen molar-refractivity contribution in [1.82, 2.24) is 14.0 Å². The summed E-state index contributed by atoms with van der Waals surface area (Å²) in [5.74, 6) is -1.18. The smallest absolute Gasteiger partial charge is 0.332 e. The second-order valence-corrected chi connectivity index (χ2v) is 7.27. The maximum Gasteiger partial charge on any atom is 0.332 e. The zero-order valence-corrected chi connectivity index (χ0v) is 15.8. The van der Waals surface area contributed by atoms with Crippen LogP contribution in [0.25, 0.3) is 10.8 Å². The van der Waals surface area contributed by atoms with Gasteiger partial charge in [-0.25, -0.2) is 4.79 Å². The third-order valence-corrected chi connectivity index (χ3v) is 5.19. The number of carbonyl (C=O) groups excluding carboxylic acids is 1. The molecule has 3 aromatic rings. The van der Waals surface area contributed by atoms with Crippen molar-refractivity contribution in [2.24, 2.45) is 0 Å². The van der Waals surface area contributed by atoms with Crippen molar-refractivity contribution in [1.29, 1.82) is 0 Å². The molecule has 28 heavy (non-hydrogen) atoms. The summed E-state index contributed by atoms with van der Waals surface area (Å²) in [5.41, 5.74) is -0.645. The van der Waals surface area contributed by atoms with Crippen LogP contribution in [-0.4, -0.2) is 31.6 Å². The van der Waals surface area contributed by atoms with E-state index in [1.807, 2.05) is 42.5 Å². The first kappa shape index (κ1) is 18.0. The highest BCUT2D eigenvalue weighted by Gasteiger charge is 2.32. The van der Waals surface area contributed by atoms with Crippen molar-refractivity contribution in [2.45, 2.75) is 33.0 Å². The van der Waals surface area contributed by atoms with Crippen LogP contribution >= 0.6 is 0 Å². The fraction of sp³-hybridized carbons (Fsp3) is 0.286. The number of hydrogen-bond donors (Lipinski definition) is 1. The first-order valence-corrected chi connectivity index (χ1v) is 9.24.